The molecule has 0 radical (unpaired) electrons. The fourth-order valence-corrected chi connectivity index (χ4v) is 1.50. The molecule has 19 heavy (non-hydrogen) atoms. The van der Waals surface area contributed by atoms with Gasteiger partial charge in [-0.25, -0.2) is 9.67 Å². The largest absolute Gasteiger partial charge is 0.492 e. The van der Waals surface area contributed by atoms with Crippen molar-refractivity contribution in [3.8, 4) is 5.75 Å². The van der Waals surface area contributed by atoms with E-state index in [-0.39, 0.29) is 12.5 Å². The Morgan fingerprint density at radius 2 is 2.37 bits per heavy atom. The van der Waals surface area contributed by atoms with Gasteiger partial charge in [-0.3, -0.25) is 4.79 Å². The smallest absolute Gasteiger partial charge is 0.246 e. The third kappa shape index (κ3) is 4.07. The molecule has 0 atom stereocenters. The zero-order chi connectivity index (χ0) is 13.5. The van der Waals surface area contributed by atoms with Crippen LogP contribution in [0, 0.1) is 0 Å². The van der Waals surface area contributed by atoms with Crippen LogP contribution in [0.25, 0.3) is 0 Å². The van der Waals surface area contributed by atoms with Crippen LogP contribution in [0.5, 0.6) is 5.75 Å². The van der Waals surface area contributed by atoms with E-state index in [9.17, 15) is 4.79 Å². The average Bonchev–Trinajstić information content (AvgIpc) is 2.89. The Hall–Kier alpha value is -2.41. The van der Waals surface area contributed by atoms with Gasteiger partial charge in [-0.2, -0.15) is 5.10 Å². The number of carbonyl (C=O) groups excluding carboxylic acids is 1. The molecule has 2 rings (SSSR count). The number of rotatable bonds is 6. The number of nitrogens with zero attached hydrogens (tertiary/aromatic N) is 3. The van der Waals surface area contributed by atoms with Gasteiger partial charge < -0.3 is 15.8 Å². The molecule has 100 valence electrons. The molecule has 0 aliphatic carbocycles. The summed E-state index contributed by atoms with van der Waals surface area (Å²) in [5.74, 6) is 0.491. The average molecular weight is 261 g/mol. The first-order valence-electron chi connectivity index (χ1n) is 5.83. The summed E-state index contributed by atoms with van der Waals surface area (Å²) in [5.41, 5.74) is 6.03. The van der Waals surface area contributed by atoms with Gasteiger partial charge >= 0.3 is 0 Å². The van der Waals surface area contributed by atoms with Gasteiger partial charge in [-0.15, -0.1) is 0 Å². The molecule has 7 heteroatoms. The maximum Gasteiger partial charge on any atom is 0.246 e. The minimum atomic E-state index is -0.179. The standard InChI is InChI=1S/C12H15N5O2/c13-4-5-19-11-3-1-2-10(6-11)16-12(18)7-17-9-14-8-15-17/h1-3,6,8-9H,4-5,7,13H2,(H,16,18). The van der Waals surface area contributed by atoms with Crippen LogP contribution in [0.2, 0.25) is 0 Å². The Morgan fingerprint density at radius 3 is 3.11 bits per heavy atom. The van der Waals surface area contributed by atoms with Crippen LogP contribution in [0.4, 0.5) is 5.69 Å². The Morgan fingerprint density at radius 1 is 1.47 bits per heavy atom. The van der Waals surface area contributed by atoms with Crippen molar-refractivity contribution in [2.45, 2.75) is 6.54 Å². The summed E-state index contributed by atoms with van der Waals surface area (Å²) < 4.78 is 6.83. The molecule has 0 aliphatic heterocycles. The fraction of sp³-hybridized carbons (Fsp3) is 0.250. The number of hydrogen-bond donors (Lipinski definition) is 2. The van der Waals surface area contributed by atoms with Crippen molar-refractivity contribution in [1.29, 1.82) is 0 Å². The normalized spacial score (nSPS) is 10.2. The van der Waals surface area contributed by atoms with E-state index in [0.717, 1.165) is 0 Å². The number of nitrogens with one attached hydrogen (secondary N) is 1. The fourth-order valence-electron chi connectivity index (χ4n) is 1.50. The van der Waals surface area contributed by atoms with Crippen LogP contribution in [0.1, 0.15) is 0 Å². The van der Waals surface area contributed by atoms with E-state index < -0.39 is 0 Å². The highest BCUT2D eigenvalue weighted by atomic mass is 16.5. The molecule has 0 spiro atoms. The summed E-state index contributed by atoms with van der Waals surface area (Å²) >= 11 is 0. The lowest BCUT2D eigenvalue weighted by Crippen LogP contribution is -2.19. The monoisotopic (exact) mass is 261 g/mol. The molecular weight excluding hydrogens is 246 g/mol. The molecule has 1 heterocycles. The molecule has 0 aliphatic rings. The molecule has 0 fully saturated rings. The van der Waals surface area contributed by atoms with E-state index in [0.29, 0.717) is 24.6 Å². The van der Waals surface area contributed by atoms with Crippen molar-refractivity contribution in [3.05, 3.63) is 36.9 Å². The molecule has 1 aromatic carbocycles. The van der Waals surface area contributed by atoms with Crippen molar-refractivity contribution in [2.75, 3.05) is 18.5 Å². The number of benzene rings is 1. The quantitative estimate of drug-likeness (QED) is 0.777. The van der Waals surface area contributed by atoms with Gasteiger partial charge in [-0.05, 0) is 12.1 Å². The van der Waals surface area contributed by atoms with E-state index in [1.165, 1.54) is 17.3 Å². The van der Waals surface area contributed by atoms with Gasteiger partial charge in [0.1, 0.15) is 31.6 Å². The van der Waals surface area contributed by atoms with Gasteiger partial charge in [-0.1, -0.05) is 6.07 Å². The number of amides is 1. The number of aromatic nitrogens is 3. The minimum Gasteiger partial charge on any atom is -0.492 e. The number of hydrogen-bond acceptors (Lipinski definition) is 5. The predicted octanol–water partition coefficient (Wildman–Crippen LogP) is 0.254. The lowest BCUT2D eigenvalue weighted by Gasteiger charge is -2.08. The maximum atomic E-state index is 11.7. The summed E-state index contributed by atoms with van der Waals surface area (Å²) in [5, 5.41) is 6.62. The first-order chi connectivity index (χ1) is 9.28. The summed E-state index contributed by atoms with van der Waals surface area (Å²) in [6, 6.07) is 7.14. The molecule has 7 nitrogen and oxygen atoms in total. The third-order valence-corrected chi connectivity index (χ3v) is 2.28. The molecule has 0 saturated heterocycles. The Labute approximate surface area is 110 Å². The third-order valence-electron chi connectivity index (χ3n) is 2.28. The first kappa shape index (κ1) is 13.0. The number of anilines is 1. The maximum absolute atomic E-state index is 11.7. The molecule has 0 bridgehead atoms. The van der Waals surface area contributed by atoms with Crippen LogP contribution in [-0.4, -0.2) is 33.8 Å². The zero-order valence-electron chi connectivity index (χ0n) is 10.3. The van der Waals surface area contributed by atoms with Crippen LogP contribution in [0.15, 0.2) is 36.9 Å². The van der Waals surface area contributed by atoms with Crippen molar-refractivity contribution in [2.24, 2.45) is 5.73 Å². The van der Waals surface area contributed by atoms with Crippen molar-refractivity contribution in [3.63, 3.8) is 0 Å². The molecule has 0 unspecified atom stereocenters. The summed E-state index contributed by atoms with van der Waals surface area (Å²) in [6.45, 7) is 1.01. The second-order valence-corrected chi connectivity index (χ2v) is 3.81. The molecule has 1 amide bonds. The highest BCUT2D eigenvalue weighted by molar-refractivity contribution is 5.90. The number of nitrogens with two attached hydrogens (primary N) is 1. The van der Waals surface area contributed by atoms with E-state index >= 15 is 0 Å². The van der Waals surface area contributed by atoms with Gasteiger partial charge in [0.2, 0.25) is 5.91 Å². The van der Waals surface area contributed by atoms with Gasteiger partial charge in [0.25, 0.3) is 0 Å². The van der Waals surface area contributed by atoms with Crippen molar-refractivity contribution in [1.82, 2.24) is 14.8 Å². The highest BCUT2D eigenvalue weighted by Gasteiger charge is 2.04. The number of ether oxygens (including phenoxy) is 1. The Bertz CT molecular complexity index is 527. The summed E-state index contributed by atoms with van der Waals surface area (Å²) in [4.78, 5) is 15.5. The summed E-state index contributed by atoms with van der Waals surface area (Å²) in [6.07, 6.45) is 2.87. The second-order valence-electron chi connectivity index (χ2n) is 3.81. The van der Waals surface area contributed by atoms with Crippen molar-refractivity contribution < 1.29 is 9.53 Å². The zero-order valence-corrected chi connectivity index (χ0v) is 10.3. The van der Waals surface area contributed by atoms with Crippen LogP contribution in [-0.2, 0) is 11.3 Å². The topological polar surface area (TPSA) is 95.1 Å². The Kier molecular flexibility index (Phi) is 4.46. The predicted molar refractivity (Wildman–Crippen MR) is 69.6 cm³/mol. The first-order valence-corrected chi connectivity index (χ1v) is 5.83. The SMILES string of the molecule is NCCOc1cccc(NC(=O)Cn2cncn2)c1. The van der Waals surface area contributed by atoms with E-state index in [1.54, 1.807) is 18.2 Å². The van der Waals surface area contributed by atoms with Gasteiger partial charge in [0.05, 0.1) is 0 Å². The van der Waals surface area contributed by atoms with Crippen LogP contribution < -0.4 is 15.8 Å². The highest BCUT2D eigenvalue weighted by Crippen LogP contribution is 2.17. The molecular formula is C12H15N5O2. The van der Waals surface area contributed by atoms with E-state index in [1.807, 2.05) is 6.07 Å². The molecule has 3 N–H and O–H groups in total. The van der Waals surface area contributed by atoms with Gasteiger partial charge in [0.15, 0.2) is 0 Å². The minimum absolute atomic E-state index is 0.119. The van der Waals surface area contributed by atoms with Crippen LogP contribution >= 0.6 is 0 Å². The Balaban J connectivity index is 1.92. The molecule has 2 aromatic rings. The van der Waals surface area contributed by atoms with E-state index in [4.69, 9.17) is 10.5 Å². The second kappa shape index (κ2) is 6.50. The van der Waals surface area contributed by atoms with Crippen molar-refractivity contribution >= 4 is 11.6 Å². The summed E-state index contributed by atoms with van der Waals surface area (Å²) in [7, 11) is 0. The molecule has 1 aromatic heterocycles. The number of carbonyl (C=O) groups is 1. The lowest BCUT2D eigenvalue weighted by atomic mass is 10.3. The van der Waals surface area contributed by atoms with Crippen LogP contribution in [0.3, 0.4) is 0 Å². The van der Waals surface area contributed by atoms with Gasteiger partial charge in [0, 0.05) is 18.3 Å². The molecule has 0 saturated carbocycles. The lowest BCUT2D eigenvalue weighted by molar-refractivity contribution is -0.116. The van der Waals surface area contributed by atoms with E-state index in [2.05, 4.69) is 15.4 Å².